The number of nitrogens with one attached hydrogen (secondary N) is 1. The second-order valence-corrected chi connectivity index (χ2v) is 4.92. The molecule has 0 bridgehead atoms. The Labute approximate surface area is 124 Å². The number of benzene rings is 2. The molecular weight excluding hydrogens is 320 g/mol. The number of anilines is 1. The lowest BCUT2D eigenvalue weighted by molar-refractivity contribution is -0.115. The first-order valence-electron chi connectivity index (χ1n) is 5.87. The fourth-order valence-electron chi connectivity index (χ4n) is 1.83. The summed E-state index contributed by atoms with van der Waals surface area (Å²) in [6.07, 6.45) is -0.221. The molecule has 5 heteroatoms. The van der Waals surface area contributed by atoms with Crippen LogP contribution in [0.15, 0.2) is 46.9 Å². The second kappa shape index (κ2) is 6.22. The molecule has 100 valence electrons. The van der Waals surface area contributed by atoms with Crippen molar-refractivity contribution in [3.05, 3.63) is 46.9 Å². The monoisotopic (exact) mass is 330 g/mol. The molecular formula is C15H11BrN2O2. The fourth-order valence-corrected chi connectivity index (χ4v) is 2.30. The number of nitriles is 1. The van der Waals surface area contributed by atoms with Crippen LogP contribution in [0.25, 0.3) is 11.1 Å². The van der Waals surface area contributed by atoms with Gasteiger partial charge in [-0.15, -0.1) is 0 Å². The van der Waals surface area contributed by atoms with E-state index in [1.807, 2.05) is 6.07 Å². The smallest absolute Gasteiger partial charge is 0.238 e. The van der Waals surface area contributed by atoms with E-state index in [9.17, 15) is 9.90 Å². The molecule has 0 heterocycles. The zero-order valence-electron chi connectivity index (χ0n) is 10.4. The van der Waals surface area contributed by atoms with Gasteiger partial charge < -0.3 is 10.4 Å². The Morgan fingerprint density at radius 3 is 2.60 bits per heavy atom. The number of halogens is 1. The lowest BCUT2D eigenvalue weighted by Gasteiger charge is -2.13. The van der Waals surface area contributed by atoms with Crippen LogP contribution in [-0.2, 0) is 4.79 Å². The molecule has 0 fully saturated rings. The Hall–Kier alpha value is -2.32. The van der Waals surface area contributed by atoms with E-state index in [1.165, 1.54) is 0 Å². The number of hydrogen-bond donors (Lipinski definition) is 2. The number of nitrogens with zero attached hydrogens (tertiary/aromatic N) is 1. The van der Waals surface area contributed by atoms with Crippen LogP contribution in [-0.4, -0.2) is 11.0 Å². The average molecular weight is 331 g/mol. The largest absolute Gasteiger partial charge is 0.507 e. The Morgan fingerprint density at radius 1 is 1.20 bits per heavy atom. The summed E-state index contributed by atoms with van der Waals surface area (Å²) in [7, 11) is 0. The number of amides is 1. The van der Waals surface area contributed by atoms with E-state index in [4.69, 9.17) is 5.26 Å². The van der Waals surface area contributed by atoms with Gasteiger partial charge >= 0.3 is 0 Å². The van der Waals surface area contributed by atoms with Crippen molar-refractivity contribution in [1.82, 2.24) is 0 Å². The summed E-state index contributed by atoms with van der Waals surface area (Å²) < 4.78 is 0.685. The number of rotatable bonds is 3. The minimum atomic E-state index is -0.393. The molecule has 2 aromatic carbocycles. The van der Waals surface area contributed by atoms with Gasteiger partial charge in [-0.3, -0.25) is 4.79 Å². The van der Waals surface area contributed by atoms with E-state index >= 15 is 0 Å². The molecule has 4 nitrogen and oxygen atoms in total. The summed E-state index contributed by atoms with van der Waals surface area (Å²) in [4.78, 5) is 11.6. The van der Waals surface area contributed by atoms with Gasteiger partial charge in [-0.25, -0.2) is 0 Å². The molecule has 0 aromatic heterocycles. The number of carbonyl (C=O) groups is 1. The van der Waals surface area contributed by atoms with E-state index in [0.29, 0.717) is 21.3 Å². The predicted octanol–water partition coefficient (Wildman–Crippen LogP) is 3.67. The first kappa shape index (κ1) is 14.1. The maximum atomic E-state index is 11.6. The van der Waals surface area contributed by atoms with Crippen LogP contribution in [0.1, 0.15) is 6.42 Å². The van der Waals surface area contributed by atoms with E-state index in [1.54, 1.807) is 42.5 Å². The van der Waals surface area contributed by atoms with Gasteiger partial charge in [0.25, 0.3) is 0 Å². The van der Waals surface area contributed by atoms with Gasteiger partial charge in [-0.2, -0.15) is 5.26 Å². The molecule has 0 saturated heterocycles. The molecule has 2 aromatic rings. The molecule has 2 rings (SSSR count). The van der Waals surface area contributed by atoms with Crippen LogP contribution in [0.3, 0.4) is 0 Å². The first-order valence-corrected chi connectivity index (χ1v) is 6.66. The number of phenols is 1. The molecule has 0 saturated carbocycles. The molecule has 0 radical (unpaired) electrons. The number of hydrogen-bond acceptors (Lipinski definition) is 3. The topological polar surface area (TPSA) is 73.1 Å². The second-order valence-electron chi connectivity index (χ2n) is 4.06. The standard InChI is InChI=1S/C15H11BrN2O2/c16-12-6-3-5-11(10-4-1-2-7-13(10)19)15(12)18-14(20)8-9-17/h1-7,19H,8H2,(H,18,20). The van der Waals surface area contributed by atoms with Crippen molar-refractivity contribution in [3.8, 4) is 22.9 Å². The summed E-state index contributed by atoms with van der Waals surface area (Å²) in [5.41, 5.74) is 1.83. The molecule has 0 atom stereocenters. The van der Waals surface area contributed by atoms with Crippen molar-refractivity contribution in [2.75, 3.05) is 5.32 Å². The van der Waals surface area contributed by atoms with Crippen molar-refractivity contribution in [3.63, 3.8) is 0 Å². The Kier molecular flexibility index (Phi) is 4.38. The molecule has 0 aliphatic rings. The summed E-state index contributed by atoms with van der Waals surface area (Å²) >= 11 is 3.37. The van der Waals surface area contributed by atoms with Gasteiger partial charge in [-0.1, -0.05) is 30.3 Å². The maximum Gasteiger partial charge on any atom is 0.238 e. The number of phenolic OH excluding ortho intramolecular Hbond substituents is 1. The van der Waals surface area contributed by atoms with Crippen LogP contribution in [0.5, 0.6) is 5.75 Å². The molecule has 1 amide bonds. The quantitative estimate of drug-likeness (QED) is 0.901. The Bertz CT molecular complexity index is 693. The SMILES string of the molecule is N#CCC(=O)Nc1c(Br)cccc1-c1ccccc1O. The van der Waals surface area contributed by atoms with Gasteiger partial charge in [0.15, 0.2) is 0 Å². The highest BCUT2D eigenvalue weighted by Crippen LogP contribution is 2.38. The van der Waals surface area contributed by atoms with Gasteiger partial charge in [0.2, 0.25) is 5.91 Å². The van der Waals surface area contributed by atoms with E-state index in [0.717, 1.165) is 0 Å². The third-order valence-corrected chi connectivity index (χ3v) is 3.37. The first-order chi connectivity index (χ1) is 9.63. The van der Waals surface area contributed by atoms with Crippen molar-refractivity contribution >= 4 is 27.5 Å². The van der Waals surface area contributed by atoms with Crippen LogP contribution < -0.4 is 5.32 Å². The maximum absolute atomic E-state index is 11.6. The van der Waals surface area contributed by atoms with Crippen molar-refractivity contribution in [2.24, 2.45) is 0 Å². The summed E-state index contributed by atoms with van der Waals surface area (Å²) in [6.45, 7) is 0. The lowest BCUT2D eigenvalue weighted by atomic mass is 10.0. The minimum absolute atomic E-state index is 0.126. The molecule has 20 heavy (non-hydrogen) atoms. The molecule has 0 unspecified atom stereocenters. The molecule has 0 spiro atoms. The predicted molar refractivity (Wildman–Crippen MR) is 80.1 cm³/mol. The number of aromatic hydroxyl groups is 1. The normalized spacial score (nSPS) is 9.80. The average Bonchev–Trinajstić information content (AvgIpc) is 2.42. The lowest BCUT2D eigenvalue weighted by Crippen LogP contribution is -2.11. The van der Waals surface area contributed by atoms with Gasteiger partial charge in [0.05, 0.1) is 11.8 Å². The van der Waals surface area contributed by atoms with E-state index in [-0.39, 0.29) is 12.2 Å². The molecule has 0 aliphatic heterocycles. The minimum Gasteiger partial charge on any atom is -0.507 e. The third-order valence-electron chi connectivity index (χ3n) is 2.71. The van der Waals surface area contributed by atoms with Crippen molar-refractivity contribution in [2.45, 2.75) is 6.42 Å². The van der Waals surface area contributed by atoms with Gasteiger partial charge in [-0.05, 0) is 28.1 Å². The molecule has 2 N–H and O–H groups in total. The number of carbonyl (C=O) groups excluding carboxylic acids is 1. The highest BCUT2D eigenvalue weighted by atomic mass is 79.9. The van der Waals surface area contributed by atoms with Crippen molar-refractivity contribution < 1.29 is 9.90 Å². The van der Waals surface area contributed by atoms with Gasteiger partial charge in [0, 0.05) is 15.6 Å². The summed E-state index contributed by atoms with van der Waals surface area (Å²) in [6, 6.07) is 14.1. The highest BCUT2D eigenvalue weighted by molar-refractivity contribution is 9.10. The highest BCUT2D eigenvalue weighted by Gasteiger charge is 2.13. The Balaban J connectivity index is 2.50. The van der Waals surface area contributed by atoms with Crippen LogP contribution in [0, 0.1) is 11.3 Å². The van der Waals surface area contributed by atoms with Crippen LogP contribution in [0.2, 0.25) is 0 Å². The number of para-hydroxylation sites is 2. The van der Waals surface area contributed by atoms with Crippen LogP contribution in [0.4, 0.5) is 5.69 Å². The van der Waals surface area contributed by atoms with E-state index < -0.39 is 5.91 Å². The zero-order valence-corrected chi connectivity index (χ0v) is 12.0. The van der Waals surface area contributed by atoms with Crippen LogP contribution >= 0.6 is 15.9 Å². The fraction of sp³-hybridized carbons (Fsp3) is 0.0667. The summed E-state index contributed by atoms with van der Waals surface area (Å²) in [5, 5.41) is 21.2. The van der Waals surface area contributed by atoms with Gasteiger partial charge in [0.1, 0.15) is 12.2 Å². The Morgan fingerprint density at radius 2 is 1.90 bits per heavy atom. The zero-order chi connectivity index (χ0) is 14.5. The van der Waals surface area contributed by atoms with E-state index in [2.05, 4.69) is 21.2 Å². The third kappa shape index (κ3) is 2.98. The van der Waals surface area contributed by atoms with Crippen molar-refractivity contribution in [1.29, 1.82) is 5.26 Å². The molecule has 0 aliphatic carbocycles. The summed E-state index contributed by atoms with van der Waals surface area (Å²) in [5.74, 6) is -0.266.